The number of carbonyl (C=O) groups excluding carboxylic acids is 1. The number of carbonyl (C=O) groups is 1. The van der Waals surface area contributed by atoms with Gasteiger partial charge in [-0.1, -0.05) is 11.6 Å². The zero-order valence-electron chi connectivity index (χ0n) is 14.5. The molecule has 0 unspecified atom stereocenters. The Bertz CT molecular complexity index is 821. The maximum absolute atomic E-state index is 11.8. The summed E-state index contributed by atoms with van der Waals surface area (Å²) in [5.41, 5.74) is 2.60. The average Bonchev–Trinajstić information content (AvgIpc) is 3.10. The highest BCUT2D eigenvalue weighted by Gasteiger charge is 2.22. The summed E-state index contributed by atoms with van der Waals surface area (Å²) in [6.45, 7) is 6.22. The molecule has 1 N–H and O–H groups in total. The first kappa shape index (κ1) is 17.1. The molecule has 8 heteroatoms. The first-order chi connectivity index (χ1) is 12.6. The minimum Gasteiger partial charge on any atom is -0.378 e. The third-order valence-corrected chi connectivity index (χ3v) is 5.03. The number of ether oxygens (including phenoxy) is 1. The third-order valence-electron chi connectivity index (χ3n) is 4.67. The van der Waals surface area contributed by atoms with Crippen molar-refractivity contribution in [1.29, 1.82) is 0 Å². The molecule has 0 atom stereocenters. The van der Waals surface area contributed by atoms with Gasteiger partial charge in [0.2, 0.25) is 0 Å². The number of benzene rings is 1. The number of hydrogen-bond acceptors (Lipinski definition) is 5. The Morgan fingerprint density at radius 3 is 2.50 bits per heavy atom. The number of morpholine rings is 1. The van der Waals surface area contributed by atoms with Gasteiger partial charge in [-0.2, -0.15) is 0 Å². The molecule has 136 valence electrons. The lowest BCUT2D eigenvalue weighted by Gasteiger charge is -2.29. The van der Waals surface area contributed by atoms with E-state index < -0.39 is 0 Å². The number of rotatable bonds is 3. The standard InChI is InChI=1S/C18H20ClN5O2/c1-12-15(19)21-16(22-17(12)23-8-10-26-11-9-23)13-2-4-14(5-3-13)24-7-6-20-18(24)25/h2-5H,6-11H2,1H3,(H,20,25). The van der Waals surface area contributed by atoms with Crippen LogP contribution in [0.15, 0.2) is 24.3 Å². The topological polar surface area (TPSA) is 70.6 Å². The van der Waals surface area contributed by atoms with Gasteiger partial charge in [0.05, 0.1) is 13.2 Å². The lowest BCUT2D eigenvalue weighted by Crippen LogP contribution is -2.37. The molecule has 2 aromatic rings. The van der Waals surface area contributed by atoms with Crippen LogP contribution in [0.2, 0.25) is 5.15 Å². The third kappa shape index (κ3) is 3.20. The molecule has 2 saturated heterocycles. The molecular weight excluding hydrogens is 354 g/mol. The minimum atomic E-state index is -0.0676. The van der Waals surface area contributed by atoms with Crippen LogP contribution in [0, 0.1) is 6.92 Å². The van der Waals surface area contributed by atoms with Crippen LogP contribution in [0.25, 0.3) is 11.4 Å². The summed E-state index contributed by atoms with van der Waals surface area (Å²) >= 11 is 6.37. The van der Waals surface area contributed by atoms with Gasteiger partial charge in [0.25, 0.3) is 0 Å². The molecule has 1 aromatic carbocycles. The van der Waals surface area contributed by atoms with Crippen LogP contribution in [0.3, 0.4) is 0 Å². The molecule has 4 rings (SSSR count). The summed E-state index contributed by atoms with van der Waals surface area (Å²) < 4.78 is 5.42. The molecule has 0 bridgehead atoms. The predicted octanol–water partition coefficient (Wildman–Crippen LogP) is 2.47. The van der Waals surface area contributed by atoms with Crippen molar-refractivity contribution in [1.82, 2.24) is 15.3 Å². The number of amides is 2. The quantitative estimate of drug-likeness (QED) is 0.837. The van der Waals surface area contributed by atoms with Gasteiger partial charge in [0, 0.05) is 43.0 Å². The molecule has 2 amide bonds. The van der Waals surface area contributed by atoms with E-state index in [0.717, 1.165) is 35.7 Å². The van der Waals surface area contributed by atoms with E-state index >= 15 is 0 Å². The van der Waals surface area contributed by atoms with Gasteiger partial charge >= 0.3 is 6.03 Å². The molecule has 0 radical (unpaired) electrons. The molecule has 3 heterocycles. The average molecular weight is 374 g/mol. The molecule has 2 aliphatic rings. The van der Waals surface area contributed by atoms with Crippen LogP contribution in [-0.2, 0) is 4.74 Å². The lowest BCUT2D eigenvalue weighted by atomic mass is 10.1. The van der Waals surface area contributed by atoms with Crippen molar-refractivity contribution in [3.05, 3.63) is 35.0 Å². The minimum absolute atomic E-state index is 0.0676. The van der Waals surface area contributed by atoms with Gasteiger partial charge < -0.3 is 15.0 Å². The second-order valence-electron chi connectivity index (χ2n) is 6.32. The van der Waals surface area contributed by atoms with E-state index in [1.807, 2.05) is 31.2 Å². The predicted molar refractivity (Wildman–Crippen MR) is 101 cm³/mol. The molecule has 1 aromatic heterocycles. The normalized spacial score (nSPS) is 17.5. The van der Waals surface area contributed by atoms with Crippen molar-refractivity contribution in [2.24, 2.45) is 0 Å². The largest absolute Gasteiger partial charge is 0.378 e. The van der Waals surface area contributed by atoms with Crippen molar-refractivity contribution in [3.8, 4) is 11.4 Å². The highest BCUT2D eigenvalue weighted by molar-refractivity contribution is 6.30. The van der Waals surface area contributed by atoms with E-state index in [0.29, 0.717) is 37.3 Å². The summed E-state index contributed by atoms with van der Waals surface area (Å²) in [4.78, 5) is 24.9. The first-order valence-electron chi connectivity index (χ1n) is 8.66. The number of halogens is 1. The summed E-state index contributed by atoms with van der Waals surface area (Å²) in [5.74, 6) is 1.44. The second kappa shape index (κ2) is 7.09. The van der Waals surface area contributed by atoms with Crippen LogP contribution in [0.5, 0.6) is 0 Å². The maximum Gasteiger partial charge on any atom is 0.321 e. The van der Waals surface area contributed by atoms with Crippen LogP contribution in [0.4, 0.5) is 16.3 Å². The monoisotopic (exact) mass is 373 g/mol. The van der Waals surface area contributed by atoms with Crippen molar-refractivity contribution in [2.45, 2.75) is 6.92 Å². The fourth-order valence-electron chi connectivity index (χ4n) is 3.20. The summed E-state index contributed by atoms with van der Waals surface area (Å²) in [6, 6.07) is 7.59. The van der Waals surface area contributed by atoms with Gasteiger partial charge in [-0.15, -0.1) is 0 Å². The first-order valence-corrected chi connectivity index (χ1v) is 9.04. The SMILES string of the molecule is Cc1c(Cl)nc(-c2ccc(N3CCNC3=O)cc2)nc1N1CCOCC1. The van der Waals surface area contributed by atoms with E-state index in [9.17, 15) is 4.79 Å². The molecule has 2 aliphatic heterocycles. The van der Waals surface area contributed by atoms with Gasteiger partial charge in [-0.25, -0.2) is 14.8 Å². The Morgan fingerprint density at radius 1 is 1.12 bits per heavy atom. The molecule has 7 nitrogen and oxygen atoms in total. The van der Waals surface area contributed by atoms with Crippen molar-refractivity contribution in [2.75, 3.05) is 49.2 Å². The molecule has 0 saturated carbocycles. The number of aromatic nitrogens is 2. The number of hydrogen-bond donors (Lipinski definition) is 1. The Kier molecular flexibility index (Phi) is 4.65. The molecule has 0 spiro atoms. The van der Waals surface area contributed by atoms with Gasteiger partial charge in [0.15, 0.2) is 5.82 Å². The fourth-order valence-corrected chi connectivity index (χ4v) is 3.36. The summed E-state index contributed by atoms with van der Waals surface area (Å²) in [7, 11) is 0. The summed E-state index contributed by atoms with van der Waals surface area (Å²) in [5, 5.41) is 3.26. The van der Waals surface area contributed by atoms with Gasteiger partial charge in [-0.3, -0.25) is 4.90 Å². The Hall–Kier alpha value is -2.38. The van der Waals surface area contributed by atoms with Crippen LogP contribution in [-0.4, -0.2) is 55.4 Å². The fraction of sp³-hybridized carbons (Fsp3) is 0.389. The van der Waals surface area contributed by atoms with Crippen molar-refractivity contribution >= 4 is 29.1 Å². The summed E-state index contributed by atoms with van der Waals surface area (Å²) in [6.07, 6.45) is 0. The van der Waals surface area contributed by atoms with E-state index in [2.05, 4.69) is 15.2 Å². The highest BCUT2D eigenvalue weighted by Crippen LogP contribution is 2.29. The number of anilines is 2. The van der Waals surface area contributed by atoms with E-state index in [1.165, 1.54) is 0 Å². The van der Waals surface area contributed by atoms with Gasteiger partial charge in [-0.05, 0) is 31.2 Å². The number of urea groups is 1. The highest BCUT2D eigenvalue weighted by atomic mass is 35.5. The zero-order valence-corrected chi connectivity index (χ0v) is 15.3. The second-order valence-corrected chi connectivity index (χ2v) is 6.67. The van der Waals surface area contributed by atoms with E-state index in [1.54, 1.807) is 4.90 Å². The number of nitrogens with one attached hydrogen (secondary N) is 1. The van der Waals surface area contributed by atoms with Crippen molar-refractivity contribution in [3.63, 3.8) is 0 Å². The Balaban J connectivity index is 1.64. The van der Waals surface area contributed by atoms with E-state index in [-0.39, 0.29) is 6.03 Å². The van der Waals surface area contributed by atoms with E-state index in [4.69, 9.17) is 21.3 Å². The van der Waals surface area contributed by atoms with Crippen molar-refractivity contribution < 1.29 is 9.53 Å². The molecular formula is C18H20ClN5O2. The molecule has 2 fully saturated rings. The molecule has 0 aliphatic carbocycles. The Morgan fingerprint density at radius 2 is 1.85 bits per heavy atom. The van der Waals surface area contributed by atoms with Crippen LogP contribution < -0.4 is 15.1 Å². The smallest absolute Gasteiger partial charge is 0.321 e. The van der Waals surface area contributed by atoms with Crippen LogP contribution in [0.1, 0.15) is 5.56 Å². The Labute approximate surface area is 156 Å². The van der Waals surface area contributed by atoms with Gasteiger partial charge in [0.1, 0.15) is 11.0 Å². The number of nitrogens with zero attached hydrogens (tertiary/aromatic N) is 4. The maximum atomic E-state index is 11.8. The lowest BCUT2D eigenvalue weighted by molar-refractivity contribution is 0.122. The van der Waals surface area contributed by atoms with Crippen LogP contribution >= 0.6 is 11.6 Å². The zero-order chi connectivity index (χ0) is 18.1. The molecule has 26 heavy (non-hydrogen) atoms.